The number of piperidine rings is 1. The van der Waals surface area contributed by atoms with Crippen molar-refractivity contribution in [3.05, 3.63) is 35.4 Å². The highest BCUT2D eigenvalue weighted by molar-refractivity contribution is 5.91. The number of hydrogen-bond donors (Lipinski definition) is 1. The van der Waals surface area contributed by atoms with Crippen LogP contribution in [0, 0.1) is 5.92 Å². The van der Waals surface area contributed by atoms with E-state index in [1.54, 1.807) is 24.3 Å². The summed E-state index contributed by atoms with van der Waals surface area (Å²) in [5.41, 5.74) is 0.814. The van der Waals surface area contributed by atoms with Gasteiger partial charge in [-0.1, -0.05) is 25.1 Å². The molecule has 0 aromatic heterocycles. The fourth-order valence-electron chi connectivity index (χ4n) is 2.78. The van der Waals surface area contributed by atoms with Gasteiger partial charge in [-0.3, -0.25) is 4.79 Å². The largest absolute Gasteiger partial charge is 0.478 e. The molecule has 2 atom stereocenters. The van der Waals surface area contributed by atoms with Gasteiger partial charge in [0.1, 0.15) is 0 Å². The molecule has 108 valence electrons. The number of carboxylic acids is 1. The van der Waals surface area contributed by atoms with Crippen LogP contribution in [0.3, 0.4) is 0 Å². The van der Waals surface area contributed by atoms with Crippen LogP contribution < -0.4 is 0 Å². The molecule has 1 aliphatic heterocycles. The number of amides is 1. The number of benzene rings is 1. The number of nitrogens with zero attached hydrogens (tertiary/aromatic N) is 1. The molecule has 1 fully saturated rings. The summed E-state index contributed by atoms with van der Waals surface area (Å²) in [6, 6.07) is 6.98. The van der Waals surface area contributed by atoms with Crippen molar-refractivity contribution in [3.63, 3.8) is 0 Å². The van der Waals surface area contributed by atoms with E-state index < -0.39 is 5.97 Å². The van der Waals surface area contributed by atoms with Crippen molar-refractivity contribution in [2.75, 3.05) is 6.54 Å². The monoisotopic (exact) mass is 275 g/mol. The van der Waals surface area contributed by atoms with Crippen LogP contribution in [0.1, 0.15) is 42.6 Å². The third-order valence-corrected chi connectivity index (χ3v) is 4.03. The molecule has 0 bridgehead atoms. The lowest BCUT2D eigenvalue weighted by molar-refractivity contribution is -0.134. The van der Waals surface area contributed by atoms with Gasteiger partial charge in [0.2, 0.25) is 5.91 Å². The minimum absolute atomic E-state index is 0.0257. The van der Waals surface area contributed by atoms with Gasteiger partial charge >= 0.3 is 5.97 Å². The molecule has 0 saturated carbocycles. The molecule has 0 aliphatic carbocycles. The molecule has 2 unspecified atom stereocenters. The highest BCUT2D eigenvalue weighted by Crippen LogP contribution is 2.22. The van der Waals surface area contributed by atoms with E-state index in [2.05, 4.69) is 13.8 Å². The summed E-state index contributed by atoms with van der Waals surface area (Å²) in [5.74, 6) is -0.434. The van der Waals surface area contributed by atoms with Gasteiger partial charge in [-0.05, 0) is 37.3 Å². The quantitative estimate of drug-likeness (QED) is 0.922. The predicted octanol–water partition coefficient (Wildman–Crippen LogP) is 2.57. The van der Waals surface area contributed by atoms with E-state index >= 15 is 0 Å². The fourth-order valence-corrected chi connectivity index (χ4v) is 2.78. The van der Waals surface area contributed by atoms with Crippen molar-refractivity contribution >= 4 is 11.9 Å². The molecular formula is C16H21NO3. The minimum Gasteiger partial charge on any atom is -0.478 e. The van der Waals surface area contributed by atoms with Gasteiger partial charge in [-0.15, -0.1) is 0 Å². The molecule has 1 heterocycles. The number of likely N-dealkylation sites (tertiary alicyclic amines) is 1. The van der Waals surface area contributed by atoms with Gasteiger partial charge in [0.05, 0.1) is 12.0 Å². The first-order chi connectivity index (χ1) is 9.49. The maximum Gasteiger partial charge on any atom is 0.335 e. The first kappa shape index (κ1) is 14.6. The van der Waals surface area contributed by atoms with E-state index in [1.165, 1.54) is 0 Å². The van der Waals surface area contributed by atoms with Gasteiger partial charge in [0.25, 0.3) is 0 Å². The van der Waals surface area contributed by atoms with E-state index in [1.807, 2.05) is 4.90 Å². The Morgan fingerprint density at radius 2 is 1.95 bits per heavy atom. The SMILES string of the molecule is CC1CCC(C)N(C(=O)Cc2ccccc2C(=O)O)C1. The van der Waals surface area contributed by atoms with E-state index in [0.717, 1.165) is 19.4 Å². The first-order valence-electron chi connectivity index (χ1n) is 7.09. The van der Waals surface area contributed by atoms with Gasteiger partial charge < -0.3 is 10.0 Å². The lowest BCUT2D eigenvalue weighted by Gasteiger charge is -2.37. The summed E-state index contributed by atoms with van der Waals surface area (Å²) in [7, 11) is 0. The molecule has 20 heavy (non-hydrogen) atoms. The van der Waals surface area contributed by atoms with Crippen molar-refractivity contribution in [1.82, 2.24) is 4.90 Å². The summed E-state index contributed by atoms with van der Waals surface area (Å²) in [5, 5.41) is 9.16. The fraction of sp³-hybridized carbons (Fsp3) is 0.500. The Morgan fingerprint density at radius 1 is 1.25 bits per heavy atom. The van der Waals surface area contributed by atoms with Crippen LogP contribution in [0.15, 0.2) is 24.3 Å². The Labute approximate surface area is 119 Å². The van der Waals surface area contributed by atoms with E-state index in [4.69, 9.17) is 5.11 Å². The van der Waals surface area contributed by atoms with Gasteiger partial charge in [-0.2, -0.15) is 0 Å². The zero-order valence-electron chi connectivity index (χ0n) is 12.0. The van der Waals surface area contributed by atoms with Gasteiger partial charge in [0.15, 0.2) is 0 Å². The number of carbonyl (C=O) groups is 2. The highest BCUT2D eigenvalue weighted by Gasteiger charge is 2.27. The lowest BCUT2D eigenvalue weighted by atomic mass is 9.94. The zero-order chi connectivity index (χ0) is 14.7. The molecule has 1 saturated heterocycles. The number of aromatic carboxylic acids is 1. The molecule has 0 spiro atoms. The molecular weight excluding hydrogens is 254 g/mol. The Bertz CT molecular complexity index is 512. The van der Waals surface area contributed by atoms with Crippen molar-refractivity contribution in [3.8, 4) is 0 Å². The maximum absolute atomic E-state index is 12.4. The Kier molecular flexibility index (Phi) is 4.42. The average Bonchev–Trinajstić information content (AvgIpc) is 2.41. The van der Waals surface area contributed by atoms with Crippen LogP contribution in [0.25, 0.3) is 0 Å². The number of carbonyl (C=O) groups excluding carboxylic acids is 1. The number of hydrogen-bond acceptors (Lipinski definition) is 2. The van der Waals surface area contributed by atoms with Crippen LogP contribution in [-0.2, 0) is 11.2 Å². The number of carboxylic acid groups (broad SMARTS) is 1. The Morgan fingerprint density at radius 3 is 2.65 bits per heavy atom. The average molecular weight is 275 g/mol. The standard InChI is InChI=1S/C16H21NO3/c1-11-7-8-12(2)17(10-11)15(18)9-13-5-3-4-6-14(13)16(19)20/h3-6,11-12H,7-10H2,1-2H3,(H,19,20). The summed E-state index contributed by atoms with van der Waals surface area (Å²) >= 11 is 0. The van der Waals surface area contributed by atoms with E-state index in [-0.39, 0.29) is 23.9 Å². The van der Waals surface area contributed by atoms with Crippen molar-refractivity contribution in [1.29, 1.82) is 0 Å². The third-order valence-electron chi connectivity index (χ3n) is 4.03. The lowest BCUT2D eigenvalue weighted by Crippen LogP contribution is -2.45. The molecule has 1 aliphatic rings. The smallest absolute Gasteiger partial charge is 0.335 e. The predicted molar refractivity (Wildman–Crippen MR) is 76.7 cm³/mol. The van der Waals surface area contributed by atoms with Crippen molar-refractivity contribution < 1.29 is 14.7 Å². The Balaban J connectivity index is 2.13. The highest BCUT2D eigenvalue weighted by atomic mass is 16.4. The van der Waals surface area contributed by atoms with Crippen LogP contribution in [0.5, 0.6) is 0 Å². The molecule has 0 radical (unpaired) electrons. The molecule has 1 aromatic rings. The molecule has 1 amide bonds. The van der Waals surface area contributed by atoms with Gasteiger partial charge in [0, 0.05) is 12.6 Å². The third kappa shape index (κ3) is 3.18. The second-order valence-corrected chi connectivity index (χ2v) is 5.72. The molecule has 1 aromatic carbocycles. The number of rotatable bonds is 3. The zero-order valence-corrected chi connectivity index (χ0v) is 12.0. The second-order valence-electron chi connectivity index (χ2n) is 5.72. The van der Waals surface area contributed by atoms with Crippen LogP contribution in [-0.4, -0.2) is 34.5 Å². The molecule has 1 N–H and O–H groups in total. The van der Waals surface area contributed by atoms with Gasteiger partial charge in [-0.25, -0.2) is 4.79 Å². The summed E-state index contributed by atoms with van der Waals surface area (Å²) in [6.07, 6.45) is 2.34. The molecule has 2 rings (SSSR count). The van der Waals surface area contributed by atoms with Crippen molar-refractivity contribution in [2.24, 2.45) is 5.92 Å². The second kappa shape index (κ2) is 6.07. The molecule has 4 nitrogen and oxygen atoms in total. The normalized spacial score (nSPS) is 22.6. The Hall–Kier alpha value is -1.84. The first-order valence-corrected chi connectivity index (χ1v) is 7.09. The molecule has 4 heteroatoms. The van der Waals surface area contributed by atoms with Crippen molar-refractivity contribution in [2.45, 2.75) is 39.2 Å². The topological polar surface area (TPSA) is 57.6 Å². The summed E-state index contributed by atoms with van der Waals surface area (Å²) in [4.78, 5) is 25.5. The minimum atomic E-state index is -0.978. The van der Waals surface area contributed by atoms with E-state index in [9.17, 15) is 9.59 Å². The van der Waals surface area contributed by atoms with Crippen LogP contribution in [0.4, 0.5) is 0 Å². The van der Waals surface area contributed by atoms with Crippen LogP contribution in [0.2, 0.25) is 0 Å². The summed E-state index contributed by atoms with van der Waals surface area (Å²) < 4.78 is 0. The summed E-state index contributed by atoms with van der Waals surface area (Å²) in [6.45, 7) is 4.99. The maximum atomic E-state index is 12.4. The van der Waals surface area contributed by atoms with E-state index in [0.29, 0.717) is 11.5 Å². The van der Waals surface area contributed by atoms with Crippen LogP contribution >= 0.6 is 0 Å².